The molecular weight excluding hydrogens is 202 g/mol. The van der Waals surface area contributed by atoms with Crippen molar-refractivity contribution in [2.24, 2.45) is 7.05 Å². The van der Waals surface area contributed by atoms with Crippen molar-refractivity contribution in [1.29, 1.82) is 0 Å². The van der Waals surface area contributed by atoms with Crippen LogP contribution in [0.2, 0.25) is 0 Å². The number of hydrogen-bond donors (Lipinski definition) is 1. The molecule has 0 aliphatic heterocycles. The zero-order chi connectivity index (χ0) is 11.5. The van der Waals surface area contributed by atoms with Crippen LogP contribution in [0.15, 0.2) is 18.5 Å². The number of rotatable bonds is 3. The fraction of sp³-hybridized carbons (Fsp3) is 0.364. The predicted octanol–water partition coefficient (Wildman–Crippen LogP) is 0.946. The molecule has 2 rings (SSSR count). The first kappa shape index (κ1) is 10.6. The van der Waals surface area contributed by atoms with Crippen molar-refractivity contribution >= 4 is 5.82 Å². The van der Waals surface area contributed by atoms with Crippen LogP contribution >= 0.6 is 0 Å². The van der Waals surface area contributed by atoms with E-state index in [2.05, 4.69) is 15.0 Å². The lowest BCUT2D eigenvalue weighted by molar-refractivity contribution is 0.800. The number of nitrogens with two attached hydrogens (primary N) is 1. The van der Waals surface area contributed by atoms with E-state index in [0.29, 0.717) is 12.2 Å². The van der Waals surface area contributed by atoms with Crippen LogP contribution < -0.4 is 5.73 Å². The van der Waals surface area contributed by atoms with Crippen molar-refractivity contribution in [3.63, 3.8) is 0 Å². The largest absolute Gasteiger partial charge is 0.384 e. The number of imidazole rings is 1. The third kappa shape index (κ3) is 2.18. The van der Waals surface area contributed by atoms with Crippen molar-refractivity contribution in [3.05, 3.63) is 35.8 Å². The highest BCUT2D eigenvalue weighted by molar-refractivity contribution is 5.31. The van der Waals surface area contributed by atoms with E-state index in [1.54, 1.807) is 12.3 Å². The molecule has 0 aliphatic rings. The highest BCUT2D eigenvalue weighted by Crippen LogP contribution is 2.08. The van der Waals surface area contributed by atoms with E-state index in [1.807, 2.05) is 24.7 Å². The maximum atomic E-state index is 5.72. The minimum Gasteiger partial charge on any atom is -0.384 e. The highest BCUT2D eigenvalue weighted by atomic mass is 15.0. The fourth-order valence-electron chi connectivity index (χ4n) is 1.55. The summed E-state index contributed by atoms with van der Waals surface area (Å²) >= 11 is 0. The van der Waals surface area contributed by atoms with E-state index in [1.165, 1.54) is 0 Å². The van der Waals surface area contributed by atoms with Gasteiger partial charge in [0, 0.05) is 38.3 Å². The predicted molar refractivity (Wildman–Crippen MR) is 61.8 cm³/mol. The molecule has 0 aromatic carbocycles. The Morgan fingerprint density at radius 2 is 2.19 bits per heavy atom. The van der Waals surface area contributed by atoms with Gasteiger partial charge in [0.1, 0.15) is 17.5 Å². The fourth-order valence-corrected chi connectivity index (χ4v) is 1.55. The van der Waals surface area contributed by atoms with E-state index in [0.717, 1.165) is 23.8 Å². The van der Waals surface area contributed by atoms with Gasteiger partial charge in [-0.15, -0.1) is 0 Å². The van der Waals surface area contributed by atoms with Crippen LogP contribution in [-0.4, -0.2) is 19.5 Å². The van der Waals surface area contributed by atoms with Crippen LogP contribution in [0.4, 0.5) is 5.82 Å². The van der Waals surface area contributed by atoms with Crippen molar-refractivity contribution in [3.8, 4) is 0 Å². The summed E-state index contributed by atoms with van der Waals surface area (Å²) in [5.41, 5.74) is 6.64. The quantitative estimate of drug-likeness (QED) is 0.830. The van der Waals surface area contributed by atoms with Gasteiger partial charge in [0.05, 0.1) is 5.69 Å². The van der Waals surface area contributed by atoms with Gasteiger partial charge in [-0.3, -0.25) is 0 Å². The van der Waals surface area contributed by atoms with Gasteiger partial charge in [-0.2, -0.15) is 0 Å². The lowest BCUT2D eigenvalue weighted by Gasteiger charge is -2.04. The number of hydrogen-bond acceptors (Lipinski definition) is 4. The van der Waals surface area contributed by atoms with Gasteiger partial charge in [-0.05, 0) is 0 Å². The highest BCUT2D eigenvalue weighted by Gasteiger charge is 2.05. The first-order chi connectivity index (χ1) is 7.69. The first-order valence-electron chi connectivity index (χ1n) is 5.27. The number of aromatic nitrogens is 4. The molecule has 84 valence electrons. The molecule has 2 aromatic heterocycles. The molecule has 0 amide bonds. The molecule has 5 heteroatoms. The minimum atomic E-state index is 0.524. The zero-order valence-corrected chi connectivity index (χ0v) is 9.51. The van der Waals surface area contributed by atoms with E-state index in [4.69, 9.17) is 5.73 Å². The molecule has 0 radical (unpaired) electrons. The third-order valence-electron chi connectivity index (χ3n) is 2.42. The van der Waals surface area contributed by atoms with Gasteiger partial charge in [-0.25, -0.2) is 15.0 Å². The third-order valence-corrected chi connectivity index (χ3v) is 2.42. The lowest BCUT2D eigenvalue weighted by Crippen LogP contribution is -2.05. The second-order valence-corrected chi connectivity index (χ2v) is 3.69. The van der Waals surface area contributed by atoms with E-state index in [9.17, 15) is 0 Å². The molecule has 0 aliphatic carbocycles. The molecule has 5 nitrogen and oxygen atoms in total. The Kier molecular flexibility index (Phi) is 2.85. The van der Waals surface area contributed by atoms with Crippen molar-refractivity contribution in [1.82, 2.24) is 19.5 Å². The standard InChI is InChI=1S/C11H15N5/c1-3-10-14-8(6-9(12)15-10)7-11-13-4-5-16(11)2/h4-6H,3,7H2,1-2H3,(H2,12,14,15). The Bertz CT molecular complexity index is 489. The minimum absolute atomic E-state index is 0.524. The van der Waals surface area contributed by atoms with Crippen LogP contribution in [0.25, 0.3) is 0 Å². The van der Waals surface area contributed by atoms with Crippen molar-refractivity contribution in [2.45, 2.75) is 19.8 Å². The molecule has 0 saturated heterocycles. The van der Waals surface area contributed by atoms with Crippen molar-refractivity contribution in [2.75, 3.05) is 5.73 Å². The van der Waals surface area contributed by atoms with Gasteiger partial charge < -0.3 is 10.3 Å². The number of nitrogens with zero attached hydrogens (tertiary/aromatic N) is 4. The molecule has 2 heterocycles. The number of aryl methyl sites for hydroxylation is 2. The van der Waals surface area contributed by atoms with E-state index < -0.39 is 0 Å². The first-order valence-corrected chi connectivity index (χ1v) is 5.27. The SMILES string of the molecule is CCc1nc(N)cc(Cc2nccn2C)n1. The van der Waals surface area contributed by atoms with Crippen LogP contribution in [0, 0.1) is 0 Å². The van der Waals surface area contributed by atoms with E-state index in [-0.39, 0.29) is 0 Å². The molecule has 0 fully saturated rings. The van der Waals surface area contributed by atoms with Crippen molar-refractivity contribution < 1.29 is 0 Å². The zero-order valence-electron chi connectivity index (χ0n) is 9.51. The molecule has 0 atom stereocenters. The Balaban J connectivity index is 2.28. The van der Waals surface area contributed by atoms with Gasteiger partial charge in [0.2, 0.25) is 0 Å². The Hall–Kier alpha value is -1.91. The molecule has 0 saturated carbocycles. The van der Waals surface area contributed by atoms with Gasteiger partial charge >= 0.3 is 0 Å². The summed E-state index contributed by atoms with van der Waals surface area (Å²) < 4.78 is 1.98. The average Bonchev–Trinajstić information content (AvgIpc) is 2.63. The monoisotopic (exact) mass is 217 g/mol. The van der Waals surface area contributed by atoms with Gasteiger partial charge in [0.25, 0.3) is 0 Å². The smallest absolute Gasteiger partial charge is 0.130 e. The van der Waals surface area contributed by atoms with E-state index >= 15 is 0 Å². The van der Waals surface area contributed by atoms with Gasteiger partial charge in [-0.1, -0.05) is 6.92 Å². The topological polar surface area (TPSA) is 69.6 Å². The maximum absolute atomic E-state index is 5.72. The molecule has 0 spiro atoms. The summed E-state index contributed by atoms with van der Waals surface area (Å²) in [6.07, 6.45) is 5.17. The summed E-state index contributed by atoms with van der Waals surface area (Å²) in [6, 6.07) is 1.80. The Labute approximate surface area is 94.4 Å². The molecule has 2 N–H and O–H groups in total. The summed E-state index contributed by atoms with van der Waals surface area (Å²) in [7, 11) is 1.97. The normalized spacial score (nSPS) is 10.6. The molecule has 2 aromatic rings. The number of anilines is 1. The van der Waals surface area contributed by atoms with Crippen LogP contribution in [0.3, 0.4) is 0 Å². The summed E-state index contributed by atoms with van der Waals surface area (Å²) in [5, 5.41) is 0. The molecular formula is C11H15N5. The summed E-state index contributed by atoms with van der Waals surface area (Å²) in [6.45, 7) is 2.01. The Morgan fingerprint density at radius 3 is 2.81 bits per heavy atom. The van der Waals surface area contributed by atoms with Crippen LogP contribution in [-0.2, 0) is 19.9 Å². The van der Waals surface area contributed by atoms with Crippen LogP contribution in [0.1, 0.15) is 24.3 Å². The maximum Gasteiger partial charge on any atom is 0.130 e. The second kappa shape index (κ2) is 4.30. The summed E-state index contributed by atoms with van der Waals surface area (Å²) in [4.78, 5) is 12.8. The molecule has 0 unspecified atom stereocenters. The summed E-state index contributed by atoms with van der Waals surface area (Å²) in [5.74, 6) is 2.28. The van der Waals surface area contributed by atoms with Crippen LogP contribution in [0.5, 0.6) is 0 Å². The average molecular weight is 217 g/mol. The second-order valence-electron chi connectivity index (χ2n) is 3.69. The molecule has 16 heavy (non-hydrogen) atoms. The Morgan fingerprint density at radius 1 is 1.38 bits per heavy atom. The lowest BCUT2D eigenvalue weighted by atomic mass is 10.2. The molecule has 0 bridgehead atoms. The van der Waals surface area contributed by atoms with Gasteiger partial charge in [0.15, 0.2) is 0 Å². The number of nitrogen functional groups attached to an aromatic ring is 1.